The molecular formula is C11H12FNO. The number of rotatable bonds is 0. The summed E-state index contributed by atoms with van der Waals surface area (Å²) in [5.41, 5.74) is 0.666. The zero-order chi connectivity index (χ0) is 10.3. The first kappa shape index (κ1) is 9.19. The highest BCUT2D eigenvalue weighted by atomic mass is 19.1. The molecule has 1 amide bonds. The number of carbonyl (C=O) groups excluding carboxylic acids is 1. The lowest BCUT2D eigenvalue weighted by Crippen LogP contribution is -2.44. The maximum Gasteiger partial charge on any atom is 0.251 e. The van der Waals surface area contributed by atoms with Gasteiger partial charge in [-0.3, -0.25) is 4.79 Å². The predicted octanol–water partition coefficient (Wildman–Crippen LogP) is 1.85. The normalized spacial score (nSPS) is 18.6. The highest BCUT2D eigenvalue weighted by molar-refractivity contribution is 5.97. The first-order chi connectivity index (χ1) is 6.52. The molecule has 0 fully saturated rings. The number of amides is 1. The minimum absolute atomic E-state index is 0.182. The van der Waals surface area contributed by atoms with Gasteiger partial charge in [-0.15, -0.1) is 0 Å². The Kier molecular flexibility index (Phi) is 1.84. The molecule has 0 saturated carbocycles. The van der Waals surface area contributed by atoms with Gasteiger partial charge < -0.3 is 5.32 Å². The van der Waals surface area contributed by atoms with E-state index in [9.17, 15) is 9.18 Å². The second-order valence-electron chi connectivity index (χ2n) is 4.23. The molecule has 0 unspecified atom stereocenters. The van der Waals surface area contributed by atoms with Gasteiger partial charge in [-0.05, 0) is 12.1 Å². The van der Waals surface area contributed by atoms with Crippen molar-refractivity contribution in [1.29, 1.82) is 0 Å². The van der Waals surface area contributed by atoms with Crippen LogP contribution in [0.4, 0.5) is 4.39 Å². The third-order valence-electron chi connectivity index (χ3n) is 2.63. The molecule has 1 aromatic rings. The van der Waals surface area contributed by atoms with Crippen LogP contribution < -0.4 is 5.32 Å². The zero-order valence-electron chi connectivity index (χ0n) is 8.23. The zero-order valence-corrected chi connectivity index (χ0v) is 8.23. The van der Waals surface area contributed by atoms with Crippen molar-refractivity contribution in [1.82, 2.24) is 5.32 Å². The van der Waals surface area contributed by atoms with Gasteiger partial charge in [0.25, 0.3) is 5.91 Å². The molecule has 0 aliphatic carbocycles. The average Bonchev–Trinajstić information content (AvgIpc) is 2.12. The summed E-state index contributed by atoms with van der Waals surface area (Å²) in [4.78, 5) is 11.4. The lowest BCUT2D eigenvalue weighted by molar-refractivity contribution is 0.0928. The van der Waals surface area contributed by atoms with Gasteiger partial charge >= 0.3 is 0 Å². The molecule has 1 heterocycles. The molecule has 2 rings (SSSR count). The average molecular weight is 193 g/mol. The molecule has 0 bridgehead atoms. The maximum absolute atomic E-state index is 13.6. The second-order valence-corrected chi connectivity index (χ2v) is 4.23. The lowest BCUT2D eigenvalue weighted by atomic mass is 9.78. The summed E-state index contributed by atoms with van der Waals surface area (Å²) >= 11 is 0. The van der Waals surface area contributed by atoms with Gasteiger partial charge in [-0.2, -0.15) is 0 Å². The Bertz CT molecular complexity index is 398. The van der Waals surface area contributed by atoms with Crippen LogP contribution in [0.1, 0.15) is 29.8 Å². The van der Waals surface area contributed by atoms with E-state index >= 15 is 0 Å². The van der Waals surface area contributed by atoms with Gasteiger partial charge in [0.2, 0.25) is 0 Å². The summed E-state index contributed by atoms with van der Waals surface area (Å²) in [5.74, 6) is -0.471. The Hall–Kier alpha value is -1.38. The van der Waals surface area contributed by atoms with Crippen LogP contribution in [-0.2, 0) is 5.41 Å². The van der Waals surface area contributed by atoms with Crippen molar-refractivity contribution in [2.45, 2.75) is 19.3 Å². The molecule has 0 aromatic heterocycles. The molecule has 2 nitrogen and oxygen atoms in total. The predicted molar refractivity (Wildman–Crippen MR) is 51.8 cm³/mol. The molecule has 74 valence electrons. The number of benzene rings is 1. The van der Waals surface area contributed by atoms with Crippen molar-refractivity contribution in [2.24, 2.45) is 0 Å². The highest BCUT2D eigenvalue weighted by Crippen LogP contribution is 2.31. The van der Waals surface area contributed by atoms with Crippen LogP contribution in [0.15, 0.2) is 18.2 Å². The monoisotopic (exact) mass is 193 g/mol. The molecule has 0 saturated heterocycles. The quantitative estimate of drug-likeness (QED) is 0.669. The van der Waals surface area contributed by atoms with Gasteiger partial charge in [0, 0.05) is 23.1 Å². The molecule has 1 N–H and O–H groups in total. The molecule has 1 aliphatic heterocycles. The number of halogens is 1. The first-order valence-electron chi connectivity index (χ1n) is 4.59. The van der Waals surface area contributed by atoms with Crippen LogP contribution in [-0.4, -0.2) is 12.5 Å². The fourth-order valence-corrected chi connectivity index (χ4v) is 1.89. The first-order valence-corrected chi connectivity index (χ1v) is 4.59. The van der Waals surface area contributed by atoms with E-state index in [0.717, 1.165) is 0 Å². The minimum Gasteiger partial charge on any atom is -0.351 e. The van der Waals surface area contributed by atoms with Crippen molar-refractivity contribution < 1.29 is 9.18 Å². The Morgan fingerprint density at radius 3 is 2.79 bits per heavy atom. The smallest absolute Gasteiger partial charge is 0.251 e. The van der Waals surface area contributed by atoms with E-state index in [0.29, 0.717) is 17.7 Å². The topological polar surface area (TPSA) is 29.1 Å². The fourth-order valence-electron chi connectivity index (χ4n) is 1.89. The summed E-state index contributed by atoms with van der Waals surface area (Å²) < 4.78 is 13.6. The Morgan fingerprint density at radius 1 is 1.43 bits per heavy atom. The number of carbonyl (C=O) groups is 1. The summed E-state index contributed by atoms with van der Waals surface area (Å²) in [6.07, 6.45) is 0. The van der Waals surface area contributed by atoms with Crippen LogP contribution in [0, 0.1) is 5.82 Å². The van der Waals surface area contributed by atoms with Crippen molar-refractivity contribution in [2.75, 3.05) is 6.54 Å². The highest BCUT2D eigenvalue weighted by Gasteiger charge is 2.33. The fraction of sp³-hybridized carbons (Fsp3) is 0.364. The van der Waals surface area contributed by atoms with Crippen molar-refractivity contribution in [3.63, 3.8) is 0 Å². The van der Waals surface area contributed by atoms with Gasteiger partial charge in [0.05, 0.1) is 0 Å². The molecule has 14 heavy (non-hydrogen) atoms. The van der Waals surface area contributed by atoms with E-state index in [-0.39, 0.29) is 17.1 Å². The van der Waals surface area contributed by atoms with Crippen molar-refractivity contribution in [3.8, 4) is 0 Å². The third-order valence-corrected chi connectivity index (χ3v) is 2.63. The second kappa shape index (κ2) is 2.80. The van der Waals surface area contributed by atoms with E-state index < -0.39 is 0 Å². The van der Waals surface area contributed by atoms with Crippen LogP contribution >= 0.6 is 0 Å². The molecule has 1 aromatic carbocycles. The van der Waals surface area contributed by atoms with Crippen molar-refractivity contribution >= 4 is 5.91 Å². The Morgan fingerprint density at radius 2 is 2.14 bits per heavy atom. The van der Waals surface area contributed by atoms with Crippen molar-refractivity contribution in [3.05, 3.63) is 35.1 Å². The Labute approximate surface area is 82.1 Å². The standard InChI is InChI=1S/C11H12FNO/c1-11(2)6-13-10(14)7-4-3-5-8(12)9(7)11/h3-5H,6H2,1-2H3,(H,13,14). The van der Waals surface area contributed by atoms with E-state index in [1.165, 1.54) is 6.07 Å². The third kappa shape index (κ3) is 1.20. The summed E-state index contributed by atoms with van der Waals surface area (Å²) in [6.45, 7) is 4.34. The summed E-state index contributed by atoms with van der Waals surface area (Å²) in [6, 6.07) is 4.63. The van der Waals surface area contributed by atoms with E-state index in [2.05, 4.69) is 5.32 Å². The molecule has 0 radical (unpaired) electrons. The summed E-state index contributed by atoms with van der Waals surface area (Å²) in [5, 5.41) is 2.75. The van der Waals surface area contributed by atoms with E-state index in [1.54, 1.807) is 12.1 Å². The largest absolute Gasteiger partial charge is 0.351 e. The number of hydrogen-bond donors (Lipinski definition) is 1. The van der Waals surface area contributed by atoms with Crippen LogP contribution in [0.25, 0.3) is 0 Å². The number of hydrogen-bond acceptors (Lipinski definition) is 1. The molecular weight excluding hydrogens is 181 g/mol. The van der Waals surface area contributed by atoms with Gasteiger partial charge in [0.15, 0.2) is 0 Å². The maximum atomic E-state index is 13.6. The van der Waals surface area contributed by atoms with Gasteiger partial charge in [-0.1, -0.05) is 19.9 Å². The number of fused-ring (bicyclic) bond motifs is 1. The summed E-state index contributed by atoms with van der Waals surface area (Å²) in [7, 11) is 0. The van der Waals surface area contributed by atoms with E-state index in [4.69, 9.17) is 0 Å². The number of nitrogens with one attached hydrogen (secondary N) is 1. The van der Waals surface area contributed by atoms with Gasteiger partial charge in [-0.25, -0.2) is 4.39 Å². The molecule has 1 aliphatic rings. The molecule has 0 spiro atoms. The van der Waals surface area contributed by atoms with E-state index in [1.807, 2.05) is 13.8 Å². The van der Waals surface area contributed by atoms with Crippen LogP contribution in [0.2, 0.25) is 0 Å². The van der Waals surface area contributed by atoms with Crippen LogP contribution in [0.5, 0.6) is 0 Å². The SMILES string of the molecule is CC1(C)CNC(=O)c2cccc(F)c21. The Balaban J connectivity index is 2.70. The lowest BCUT2D eigenvalue weighted by Gasteiger charge is -2.32. The minimum atomic E-state index is -0.325. The molecule has 3 heteroatoms. The van der Waals surface area contributed by atoms with Gasteiger partial charge in [0.1, 0.15) is 5.82 Å². The van der Waals surface area contributed by atoms with Crippen LogP contribution in [0.3, 0.4) is 0 Å². The molecule has 0 atom stereocenters.